The van der Waals surface area contributed by atoms with Crippen molar-refractivity contribution in [3.63, 3.8) is 0 Å². The minimum Gasteiger partial charge on any atom is -0.463 e. The Morgan fingerprint density at radius 2 is 0.667 bits per heavy atom. The molecule has 18 atom stereocenters. The zero-order valence-electron chi connectivity index (χ0n) is 58.9. The first-order valence-corrected chi connectivity index (χ1v) is 39.3. The van der Waals surface area contributed by atoms with E-state index < -0.39 is 156 Å². The van der Waals surface area contributed by atoms with Crippen LogP contribution in [0.25, 0.3) is 0 Å². The molecule has 1 aliphatic carbocycles. The van der Waals surface area contributed by atoms with Crippen LogP contribution in [0, 0.1) is 0 Å². The number of phosphoric acid groups is 1. The molecular weight excluding hydrogens is 1270 g/mol. The lowest BCUT2D eigenvalue weighted by Gasteiger charge is -2.49. The summed E-state index contributed by atoms with van der Waals surface area (Å²) in [4.78, 5) is 51.0. The summed E-state index contributed by atoms with van der Waals surface area (Å²) in [6.45, 7) is 3.46. The van der Waals surface area contributed by atoms with E-state index in [1.54, 1.807) is 0 Å². The highest BCUT2D eigenvalue weighted by molar-refractivity contribution is 7.47. The topological polar surface area (TPSA) is 374 Å². The summed E-state index contributed by atoms with van der Waals surface area (Å²) in [5.74, 6) is -1.97. The van der Waals surface area contributed by atoms with Crippen molar-refractivity contribution < 1.29 is 117 Å². The molecule has 0 bridgehead atoms. The van der Waals surface area contributed by atoms with Crippen LogP contribution in [-0.2, 0) is 61.2 Å². The predicted octanol–water partition coefficient (Wildman–Crippen LogP) is 10.2. The Bertz CT molecular complexity index is 1990. The van der Waals surface area contributed by atoms with E-state index in [2.05, 4.69) is 20.8 Å². The molecule has 3 rings (SSSR count). The monoisotopic (exact) mass is 1400 g/mol. The van der Waals surface area contributed by atoms with E-state index in [0.29, 0.717) is 19.3 Å². The molecule has 24 nitrogen and oxygen atoms in total. The second-order valence-corrected chi connectivity index (χ2v) is 28.8. The summed E-state index contributed by atoms with van der Waals surface area (Å²) >= 11 is 0. The van der Waals surface area contributed by atoms with E-state index in [4.69, 9.17) is 42.2 Å². The van der Waals surface area contributed by atoms with Crippen molar-refractivity contribution >= 4 is 25.7 Å². The number of unbranched alkanes of at least 4 members (excludes halogenated alkanes) is 38. The van der Waals surface area contributed by atoms with Crippen LogP contribution in [0.1, 0.15) is 303 Å². The first-order chi connectivity index (χ1) is 46.3. The van der Waals surface area contributed by atoms with Gasteiger partial charge in [0.15, 0.2) is 18.7 Å². The molecular formula is C71H133O24P. The molecule has 2 saturated heterocycles. The van der Waals surface area contributed by atoms with E-state index >= 15 is 0 Å². The first kappa shape index (κ1) is 88.2. The van der Waals surface area contributed by atoms with E-state index in [0.717, 1.165) is 89.9 Å². The third-order valence-electron chi connectivity index (χ3n) is 18.9. The average molecular weight is 1400 g/mol. The first-order valence-electron chi connectivity index (χ1n) is 37.8. The lowest BCUT2D eigenvalue weighted by atomic mass is 9.84. The van der Waals surface area contributed by atoms with Gasteiger partial charge in [-0.3, -0.25) is 23.4 Å². The Balaban J connectivity index is 1.73. The van der Waals surface area contributed by atoms with Crippen LogP contribution < -0.4 is 0 Å². The molecule has 1 saturated carbocycles. The van der Waals surface area contributed by atoms with Gasteiger partial charge in [0.2, 0.25) is 0 Å². The minimum atomic E-state index is -5.69. The molecule has 0 amide bonds. The van der Waals surface area contributed by atoms with Crippen LogP contribution in [0.15, 0.2) is 0 Å². The van der Waals surface area contributed by atoms with Crippen LogP contribution in [0.2, 0.25) is 0 Å². The maximum atomic E-state index is 14.3. The van der Waals surface area contributed by atoms with Gasteiger partial charge in [-0.15, -0.1) is 0 Å². The summed E-state index contributed by atoms with van der Waals surface area (Å²) in [6.07, 6.45) is 10.3. The molecule has 11 N–H and O–H groups in total. The van der Waals surface area contributed by atoms with Gasteiger partial charge in [0.1, 0.15) is 98.7 Å². The highest BCUT2D eigenvalue weighted by Crippen LogP contribution is 2.49. The van der Waals surface area contributed by atoms with Gasteiger partial charge in [-0.25, -0.2) is 4.57 Å². The standard InChI is InChI=1S/C71H133O24P/c1-4-7-10-13-16-19-22-24-26-27-29-31-34-36-39-42-45-55(73)87-49-52(90-57(75)47-44-41-38-35-32-28-25-23-20-17-14-11-8-5-2)50-89-96(85,86)95-69-67(93-70-65(83)60(78)58(76)53(48-72)91-70)63(81)62(80)64(82)68(69)94-71-66(84)61(79)59(77)54(92-71)51-88-56(74)46-43-40-37-33-30-21-18-15-12-9-6-3/h52-54,58-72,76-84H,4-51H2,1-3H3,(H,85,86). The number of carbonyl (C=O) groups excluding carboxylic acids is 3. The number of aliphatic hydroxyl groups is 10. The van der Waals surface area contributed by atoms with Crippen molar-refractivity contribution in [1.29, 1.82) is 0 Å². The Kier molecular flexibility index (Phi) is 49.4. The van der Waals surface area contributed by atoms with Crippen molar-refractivity contribution in [3.05, 3.63) is 0 Å². The molecule has 3 fully saturated rings. The largest absolute Gasteiger partial charge is 0.472 e. The quantitative estimate of drug-likeness (QED) is 0.0117. The van der Waals surface area contributed by atoms with Crippen molar-refractivity contribution in [2.75, 3.05) is 26.4 Å². The van der Waals surface area contributed by atoms with Crippen LogP contribution in [0.5, 0.6) is 0 Å². The van der Waals surface area contributed by atoms with E-state index in [9.17, 15) is 74.9 Å². The van der Waals surface area contributed by atoms with Crippen molar-refractivity contribution in [3.8, 4) is 0 Å². The summed E-state index contributed by atoms with van der Waals surface area (Å²) in [5.41, 5.74) is 0. The predicted molar refractivity (Wildman–Crippen MR) is 361 cm³/mol. The van der Waals surface area contributed by atoms with Gasteiger partial charge >= 0.3 is 25.7 Å². The second-order valence-electron chi connectivity index (χ2n) is 27.4. The molecule has 25 heteroatoms. The van der Waals surface area contributed by atoms with Crippen LogP contribution >= 0.6 is 7.82 Å². The SMILES string of the molecule is CCCCCCCCCCCCCCCCCCC(=O)OCC(COP(=O)(O)OC1C(OC2OC(CO)C(O)C(O)C2O)C(O)C(O)C(O)C1OC1OC(COC(=O)CCCCCCCCCCCCC)C(O)C(O)C1O)OC(=O)CCCCCCCCCCCCCCCC. The molecule has 0 spiro atoms. The highest BCUT2D eigenvalue weighted by Gasteiger charge is 2.58. The molecule has 18 unspecified atom stereocenters. The molecule has 566 valence electrons. The number of aliphatic hydroxyl groups excluding tert-OH is 10. The van der Waals surface area contributed by atoms with Gasteiger partial charge in [0.05, 0.1) is 13.2 Å². The normalized spacial score (nSPS) is 27.9. The van der Waals surface area contributed by atoms with E-state index in [1.165, 1.54) is 154 Å². The lowest BCUT2D eigenvalue weighted by molar-refractivity contribution is -0.360. The van der Waals surface area contributed by atoms with Crippen molar-refractivity contribution in [2.45, 2.75) is 407 Å². The molecule has 96 heavy (non-hydrogen) atoms. The fourth-order valence-corrected chi connectivity index (χ4v) is 13.7. The van der Waals surface area contributed by atoms with Gasteiger partial charge < -0.3 is 89.1 Å². The number of hydrogen-bond donors (Lipinski definition) is 11. The Morgan fingerprint density at radius 3 is 1.02 bits per heavy atom. The van der Waals surface area contributed by atoms with Gasteiger partial charge in [-0.2, -0.15) is 0 Å². The Hall–Kier alpha value is -2.04. The van der Waals surface area contributed by atoms with Gasteiger partial charge in [0.25, 0.3) is 0 Å². The van der Waals surface area contributed by atoms with Gasteiger partial charge in [-0.05, 0) is 19.3 Å². The number of phosphoric ester groups is 1. The van der Waals surface area contributed by atoms with Gasteiger partial charge in [-0.1, -0.05) is 265 Å². The number of esters is 3. The molecule has 2 heterocycles. The van der Waals surface area contributed by atoms with Crippen molar-refractivity contribution in [1.82, 2.24) is 0 Å². The number of rotatable bonds is 59. The number of ether oxygens (including phenoxy) is 7. The van der Waals surface area contributed by atoms with Crippen molar-refractivity contribution in [2.24, 2.45) is 0 Å². The van der Waals surface area contributed by atoms with Crippen LogP contribution in [0.4, 0.5) is 0 Å². The zero-order chi connectivity index (χ0) is 70.4. The van der Waals surface area contributed by atoms with E-state index in [-0.39, 0.29) is 19.3 Å². The zero-order valence-corrected chi connectivity index (χ0v) is 59.8. The number of hydrogen-bond acceptors (Lipinski definition) is 23. The smallest absolute Gasteiger partial charge is 0.463 e. The lowest BCUT2D eigenvalue weighted by Crippen LogP contribution is -2.69. The molecule has 0 radical (unpaired) electrons. The third-order valence-corrected chi connectivity index (χ3v) is 19.9. The van der Waals surface area contributed by atoms with Crippen LogP contribution in [0.3, 0.4) is 0 Å². The Labute approximate surface area is 574 Å². The highest BCUT2D eigenvalue weighted by atomic mass is 31.2. The molecule has 2 aliphatic heterocycles. The minimum absolute atomic E-state index is 0.0328. The van der Waals surface area contributed by atoms with Crippen LogP contribution in [-0.4, -0.2) is 204 Å². The maximum Gasteiger partial charge on any atom is 0.472 e. The van der Waals surface area contributed by atoms with E-state index in [1.807, 2.05) is 0 Å². The molecule has 3 aliphatic rings. The fraction of sp³-hybridized carbons (Fsp3) is 0.958. The molecule has 0 aromatic heterocycles. The summed E-state index contributed by atoms with van der Waals surface area (Å²) < 4.78 is 65.0. The molecule has 0 aromatic rings. The average Bonchev–Trinajstić information content (AvgIpc) is 0.765. The third kappa shape index (κ3) is 36.7. The second kappa shape index (κ2) is 53.7. The summed E-state index contributed by atoms with van der Waals surface area (Å²) in [6, 6.07) is 0. The maximum absolute atomic E-state index is 14.3. The van der Waals surface area contributed by atoms with Gasteiger partial charge in [0, 0.05) is 19.3 Å². The summed E-state index contributed by atoms with van der Waals surface area (Å²) in [7, 11) is -5.69. The molecule has 0 aromatic carbocycles. The summed E-state index contributed by atoms with van der Waals surface area (Å²) in [5, 5.41) is 110. The number of carbonyl (C=O) groups is 3. The fourth-order valence-electron chi connectivity index (χ4n) is 12.7. The Morgan fingerprint density at radius 1 is 0.365 bits per heavy atom.